The van der Waals surface area contributed by atoms with Crippen LogP contribution in [-0.2, 0) is 23.8 Å². The summed E-state index contributed by atoms with van der Waals surface area (Å²) in [5.74, 6) is -1.57. The minimum absolute atomic E-state index is 0.188. The average Bonchev–Trinajstić information content (AvgIpc) is 2.81. The number of carbonyl (C=O) groups is 2. The lowest BCUT2D eigenvalue weighted by Gasteiger charge is -2.45. The van der Waals surface area contributed by atoms with E-state index in [1.54, 1.807) is 0 Å². The maximum absolute atomic E-state index is 10.0. The van der Waals surface area contributed by atoms with Crippen molar-refractivity contribution in [3.63, 3.8) is 0 Å². The molecule has 0 bridgehead atoms. The summed E-state index contributed by atoms with van der Waals surface area (Å²) in [4.78, 5) is 20.1. The number of carboxylic acids is 2. The van der Waals surface area contributed by atoms with E-state index in [9.17, 15) is 45.3 Å². The molecule has 15 heteroatoms. The molecule has 2 aliphatic heterocycles. The second-order valence-corrected chi connectivity index (χ2v) is 8.23. The lowest BCUT2D eigenvalue weighted by molar-refractivity contribution is -0.355. The van der Waals surface area contributed by atoms with Gasteiger partial charge < -0.3 is 65.3 Å². The Labute approximate surface area is 200 Å². The van der Waals surface area contributed by atoms with E-state index in [2.05, 4.69) is 0 Å². The van der Waals surface area contributed by atoms with E-state index in [0.717, 1.165) is 12.8 Å². The maximum atomic E-state index is 10.0. The third-order valence-corrected chi connectivity index (χ3v) is 5.51. The zero-order valence-corrected chi connectivity index (χ0v) is 18.9. The van der Waals surface area contributed by atoms with Gasteiger partial charge in [-0.3, -0.25) is 9.59 Å². The summed E-state index contributed by atoms with van der Waals surface area (Å²) in [6, 6.07) is 0. The molecule has 0 spiro atoms. The van der Waals surface area contributed by atoms with Gasteiger partial charge in [-0.2, -0.15) is 0 Å². The first-order valence-electron chi connectivity index (χ1n) is 11.1. The minimum atomic E-state index is -1.74. The van der Waals surface area contributed by atoms with Gasteiger partial charge in [0.15, 0.2) is 12.6 Å². The Balaban J connectivity index is 0.000000434. The fourth-order valence-electron chi connectivity index (χ4n) is 3.48. The lowest BCUT2D eigenvalue weighted by Crippen LogP contribution is -2.64. The molecule has 2 saturated heterocycles. The predicted octanol–water partition coefficient (Wildman–Crippen LogP) is -3.90. The molecule has 2 fully saturated rings. The van der Waals surface area contributed by atoms with Gasteiger partial charge >= 0.3 is 11.9 Å². The number of hydrogen-bond acceptors (Lipinski definition) is 13. The van der Waals surface area contributed by atoms with E-state index >= 15 is 0 Å². The fraction of sp³-hybridized carbons (Fsp3) is 0.900. The van der Waals surface area contributed by atoms with Crippen LogP contribution >= 0.6 is 0 Å². The van der Waals surface area contributed by atoms with Crippen molar-refractivity contribution in [2.45, 2.75) is 99.9 Å². The highest BCUT2D eigenvalue weighted by Crippen LogP contribution is 2.28. The zero-order valence-electron chi connectivity index (χ0n) is 18.9. The Kier molecular flexibility index (Phi) is 14.0. The molecule has 15 nitrogen and oxygen atoms in total. The van der Waals surface area contributed by atoms with Crippen LogP contribution in [0, 0.1) is 0 Å². The quantitative estimate of drug-likeness (QED) is 0.118. The Morgan fingerprint density at radius 1 is 0.629 bits per heavy atom. The summed E-state index contributed by atoms with van der Waals surface area (Å²) in [7, 11) is 0. The van der Waals surface area contributed by atoms with Crippen LogP contribution in [0.4, 0.5) is 0 Å². The number of aliphatic hydroxyl groups excluding tert-OH is 8. The molecule has 2 heterocycles. The highest BCUT2D eigenvalue weighted by atomic mass is 16.7. The van der Waals surface area contributed by atoms with Crippen molar-refractivity contribution in [3.8, 4) is 0 Å². The summed E-state index contributed by atoms with van der Waals surface area (Å²) in [6.07, 6.45) is -12.3. The van der Waals surface area contributed by atoms with E-state index < -0.39 is 86.6 Å². The Hall–Kier alpha value is -1.50. The first-order chi connectivity index (χ1) is 16.4. The molecule has 10 N–H and O–H groups in total. The van der Waals surface area contributed by atoms with E-state index in [0.29, 0.717) is 12.8 Å². The molecule has 206 valence electrons. The number of ether oxygens (including phenoxy) is 3. The molecule has 0 aromatic carbocycles. The monoisotopic (exact) mass is 516 g/mol. The number of carboxylic acid groups (broad SMARTS) is 2. The second kappa shape index (κ2) is 15.6. The first kappa shape index (κ1) is 31.5. The first-order valence-corrected chi connectivity index (χ1v) is 11.1. The molecule has 0 saturated carbocycles. The van der Waals surface area contributed by atoms with Crippen LogP contribution < -0.4 is 0 Å². The standard InChI is InChI=1S/C12H22O11.C8H14O4/c13-1-3-5(15)6(16)9(19)12(22-3)23-10-4(2-14)21-11(20)8(18)7(10)17;9-7(10)5-3-1-2-4-6-8(11)12/h3-20H,1-2H2;1-6H2,(H,9,10)(H,11,12)/t3-,4-,5-,6+,7-,8-,9-,10-,11-,12+;/m1./s1. The largest absolute Gasteiger partial charge is 0.481 e. The Bertz CT molecular complexity index is 612. The number of aliphatic hydroxyl groups is 8. The third kappa shape index (κ3) is 9.82. The maximum Gasteiger partial charge on any atom is 0.303 e. The van der Waals surface area contributed by atoms with Gasteiger partial charge in [-0.1, -0.05) is 12.8 Å². The zero-order chi connectivity index (χ0) is 26.7. The van der Waals surface area contributed by atoms with Crippen LogP contribution in [0.15, 0.2) is 0 Å². The van der Waals surface area contributed by atoms with Crippen LogP contribution in [-0.4, -0.2) is 138 Å². The van der Waals surface area contributed by atoms with E-state index in [1.807, 2.05) is 0 Å². The molecule has 0 aromatic heterocycles. The van der Waals surface area contributed by atoms with Gasteiger partial charge in [-0.25, -0.2) is 0 Å². The summed E-state index contributed by atoms with van der Waals surface area (Å²) in [6.45, 7) is -1.35. The molecule has 10 atom stereocenters. The van der Waals surface area contributed by atoms with Gasteiger partial charge in [0.25, 0.3) is 0 Å². The van der Waals surface area contributed by atoms with Gasteiger partial charge in [-0.15, -0.1) is 0 Å². The fourth-order valence-corrected chi connectivity index (χ4v) is 3.48. The molecular formula is C20H36O15. The third-order valence-electron chi connectivity index (χ3n) is 5.51. The molecule has 2 aliphatic rings. The Morgan fingerprint density at radius 2 is 1.14 bits per heavy atom. The molecule has 2 rings (SSSR count). The number of hydrogen-bond donors (Lipinski definition) is 10. The van der Waals surface area contributed by atoms with Crippen molar-refractivity contribution in [2.75, 3.05) is 13.2 Å². The minimum Gasteiger partial charge on any atom is -0.481 e. The van der Waals surface area contributed by atoms with Crippen LogP contribution in [0.5, 0.6) is 0 Å². The normalized spacial score (nSPS) is 37.3. The van der Waals surface area contributed by atoms with Crippen molar-refractivity contribution < 1.29 is 74.9 Å². The van der Waals surface area contributed by atoms with Crippen molar-refractivity contribution in [1.82, 2.24) is 0 Å². The van der Waals surface area contributed by atoms with Gasteiger partial charge in [0.05, 0.1) is 13.2 Å². The average molecular weight is 516 g/mol. The van der Waals surface area contributed by atoms with Crippen LogP contribution in [0.1, 0.15) is 38.5 Å². The van der Waals surface area contributed by atoms with Crippen LogP contribution in [0.3, 0.4) is 0 Å². The topological polar surface area (TPSA) is 264 Å². The Morgan fingerprint density at radius 3 is 1.60 bits per heavy atom. The van der Waals surface area contributed by atoms with Gasteiger partial charge in [-0.05, 0) is 12.8 Å². The molecule has 0 radical (unpaired) electrons. The van der Waals surface area contributed by atoms with Gasteiger partial charge in [0, 0.05) is 12.8 Å². The summed E-state index contributed by atoms with van der Waals surface area (Å²) in [5.41, 5.74) is 0. The number of aliphatic carboxylic acids is 2. The van der Waals surface area contributed by atoms with Crippen molar-refractivity contribution in [3.05, 3.63) is 0 Å². The second-order valence-electron chi connectivity index (χ2n) is 8.23. The van der Waals surface area contributed by atoms with Crippen LogP contribution in [0.2, 0.25) is 0 Å². The molecule has 0 aromatic rings. The van der Waals surface area contributed by atoms with Gasteiger partial charge in [0.1, 0.15) is 48.8 Å². The summed E-state index contributed by atoms with van der Waals surface area (Å²) >= 11 is 0. The van der Waals surface area contributed by atoms with E-state index in [-0.39, 0.29) is 12.8 Å². The molecule has 0 unspecified atom stereocenters. The van der Waals surface area contributed by atoms with Crippen molar-refractivity contribution in [1.29, 1.82) is 0 Å². The van der Waals surface area contributed by atoms with E-state index in [1.165, 1.54) is 0 Å². The molecular weight excluding hydrogens is 480 g/mol. The van der Waals surface area contributed by atoms with E-state index in [4.69, 9.17) is 29.5 Å². The summed E-state index contributed by atoms with van der Waals surface area (Å²) < 4.78 is 15.3. The predicted molar refractivity (Wildman–Crippen MR) is 112 cm³/mol. The number of unbranched alkanes of at least 4 members (excludes halogenated alkanes) is 3. The summed E-state index contributed by atoms with van der Waals surface area (Å²) in [5, 5.41) is 93.0. The molecule has 0 amide bonds. The van der Waals surface area contributed by atoms with Crippen LogP contribution in [0.25, 0.3) is 0 Å². The number of rotatable bonds is 11. The lowest BCUT2D eigenvalue weighted by atomic mass is 9.97. The smallest absolute Gasteiger partial charge is 0.303 e. The highest BCUT2D eigenvalue weighted by Gasteiger charge is 2.50. The van der Waals surface area contributed by atoms with Crippen molar-refractivity contribution >= 4 is 11.9 Å². The highest BCUT2D eigenvalue weighted by molar-refractivity contribution is 5.66. The van der Waals surface area contributed by atoms with Gasteiger partial charge in [0.2, 0.25) is 0 Å². The molecule has 35 heavy (non-hydrogen) atoms. The van der Waals surface area contributed by atoms with Crippen molar-refractivity contribution in [2.24, 2.45) is 0 Å². The molecule has 0 aliphatic carbocycles. The SMILES string of the molecule is O=C(O)CCCCCCC(=O)O.OC[C@H]1O[C@@H](O[C@H]2[C@H](O)[C@@H](O)[C@H](O)O[C@@H]2CO)[C@H](O)[C@@H](O)[C@@H]1O.